The Labute approximate surface area is 131 Å². The van der Waals surface area contributed by atoms with Crippen LogP contribution in [-0.4, -0.2) is 11.6 Å². The second-order valence-electron chi connectivity index (χ2n) is 4.90. The fourth-order valence-corrected chi connectivity index (χ4v) is 2.11. The van der Waals surface area contributed by atoms with E-state index >= 15 is 0 Å². The number of ether oxygens (including phenoxy) is 1. The molecule has 0 fully saturated rings. The average molecular weight is 305 g/mol. The third-order valence-electron chi connectivity index (χ3n) is 3.13. The molecule has 1 heterocycles. The van der Waals surface area contributed by atoms with Crippen LogP contribution in [0.15, 0.2) is 42.5 Å². The van der Waals surface area contributed by atoms with Gasteiger partial charge in [-0.1, -0.05) is 49.6 Å². The first-order chi connectivity index (χ1) is 10.3. The molecule has 0 bridgehead atoms. The van der Waals surface area contributed by atoms with Crippen molar-refractivity contribution >= 4 is 17.4 Å². The Morgan fingerprint density at radius 3 is 2.62 bits per heavy atom. The summed E-state index contributed by atoms with van der Waals surface area (Å²) in [5.41, 5.74) is 1.18. The third-order valence-corrected chi connectivity index (χ3v) is 3.34. The number of rotatable bonds is 8. The number of hydrogen-bond donors (Lipinski definition) is 1. The third kappa shape index (κ3) is 5.64. The summed E-state index contributed by atoms with van der Waals surface area (Å²) >= 11 is 5.85. The van der Waals surface area contributed by atoms with E-state index in [0.717, 1.165) is 24.6 Å². The predicted molar refractivity (Wildman–Crippen MR) is 88.0 cm³/mol. The van der Waals surface area contributed by atoms with Gasteiger partial charge in [0.05, 0.1) is 6.61 Å². The Hall–Kier alpha value is -1.74. The molecule has 112 valence electrons. The van der Waals surface area contributed by atoms with Crippen molar-refractivity contribution in [2.24, 2.45) is 0 Å². The molecule has 2 aromatic rings. The topological polar surface area (TPSA) is 34.1 Å². The van der Waals surface area contributed by atoms with Crippen LogP contribution in [0.3, 0.4) is 0 Å². The quantitative estimate of drug-likeness (QED) is 0.555. The number of pyridine rings is 1. The molecule has 21 heavy (non-hydrogen) atoms. The molecular formula is C17H21ClN2O. The maximum absolute atomic E-state index is 5.85. The Morgan fingerprint density at radius 1 is 1.10 bits per heavy atom. The van der Waals surface area contributed by atoms with Crippen molar-refractivity contribution in [2.75, 3.05) is 11.9 Å². The highest BCUT2D eigenvalue weighted by Gasteiger charge is 1.98. The molecule has 1 aromatic carbocycles. The minimum atomic E-state index is 0.496. The van der Waals surface area contributed by atoms with E-state index in [-0.39, 0.29) is 0 Å². The van der Waals surface area contributed by atoms with Crippen molar-refractivity contribution in [3.8, 4) is 5.75 Å². The van der Waals surface area contributed by atoms with E-state index in [4.69, 9.17) is 16.3 Å². The molecule has 0 unspecified atom stereocenters. The number of halogens is 1. The standard InChI is InChI=1S/C17H21ClN2O/c1-2-3-4-12-21-15-10-8-14(9-11-15)13-19-17-7-5-6-16(18)20-17/h5-11H,2-4,12-13H2,1H3,(H,19,20). The van der Waals surface area contributed by atoms with Crippen molar-refractivity contribution < 1.29 is 4.74 Å². The lowest BCUT2D eigenvalue weighted by atomic mass is 10.2. The van der Waals surface area contributed by atoms with Crippen molar-refractivity contribution in [1.82, 2.24) is 4.98 Å². The zero-order chi connectivity index (χ0) is 14.9. The summed E-state index contributed by atoms with van der Waals surface area (Å²) < 4.78 is 5.69. The maximum atomic E-state index is 5.85. The van der Waals surface area contributed by atoms with Crippen molar-refractivity contribution in [2.45, 2.75) is 32.7 Å². The van der Waals surface area contributed by atoms with Gasteiger partial charge in [0.1, 0.15) is 16.7 Å². The van der Waals surface area contributed by atoms with Gasteiger partial charge < -0.3 is 10.1 Å². The molecule has 0 radical (unpaired) electrons. The van der Waals surface area contributed by atoms with Gasteiger partial charge in [0.25, 0.3) is 0 Å². The first-order valence-corrected chi connectivity index (χ1v) is 7.74. The Bertz CT molecular complexity index is 543. The van der Waals surface area contributed by atoms with Crippen LogP contribution in [0.1, 0.15) is 31.7 Å². The molecule has 0 atom stereocenters. The minimum absolute atomic E-state index is 0.496. The van der Waals surface area contributed by atoms with Crippen molar-refractivity contribution in [1.29, 1.82) is 0 Å². The van der Waals surface area contributed by atoms with E-state index in [1.54, 1.807) is 6.07 Å². The number of unbranched alkanes of at least 4 members (excludes halogenated alkanes) is 2. The Morgan fingerprint density at radius 2 is 1.90 bits per heavy atom. The van der Waals surface area contributed by atoms with Gasteiger partial charge in [-0.15, -0.1) is 0 Å². The number of benzene rings is 1. The number of hydrogen-bond acceptors (Lipinski definition) is 3. The zero-order valence-electron chi connectivity index (χ0n) is 12.3. The molecule has 0 aliphatic carbocycles. The first-order valence-electron chi connectivity index (χ1n) is 7.36. The zero-order valence-corrected chi connectivity index (χ0v) is 13.1. The summed E-state index contributed by atoms with van der Waals surface area (Å²) in [4.78, 5) is 4.19. The summed E-state index contributed by atoms with van der Waals surface area (Å²) in [5.74, 6) is 1.71. The van der Waals surface area contributed by atoms with Gasteiger partial charge in [-0.3, -0.25) is 0 Å². The highest BCUT2D eigenvalue weighted by molar-refractivity contribution is 6.29. The molecule has 0 amide bonds. The lowest BCUT2D eigenvalue weighted by Crippen LogP contribution is -2.01. The van der Waals surface area contributed by atoms with Crippen molar-refractivity contribution in [3.05, 3.63) is 53.2 Å². The van der Waals surface area contributed by atoms with Crippen LogP contribution in [0.4, 0.5) is 5.82 Å². The Kier molecular flexibility index (Phi) is 6.35. The van der Waals surface area contributed by atoms with E-state index in [1.165, 1.54) is 18.4 Å². The fourth-order valence-electron chi connectivity index (χ4n) is 1.94. The van der Waals surface area contributed by atoms with Gasteiger partial charge in [0.15, 0.2) is 0 Å². The van der Waals surface area contributed by atoms with E-state index < -0.39 is 0 Å². The first kappa shape index (κ1) is 15.6. The molecule has 0 saturated carbocycles. The van der Waals surface area contributed by atoms with E-state index in [9.17, 15) is 0 Å². The molecule has 0 aliphatic rings. The summed E-state index contributed by atoms with van der Waals surface area (Å²) in [6.45, 7) is 3.69. The fraction of sp³-hybridized carbons (Fsp3) is 0.353. The molecule has 0 saturated heterocycles. The van der Waals surface area contributed by atoms with Crippen LogP contribution in [0.25, 0.3) is 0 Å². The van der Waals surface area contributed by atoms with E-state index in [1.807, 2.05) is 24.3 Å². The van der Waals surface area contributed by atoms with Crippen molar-refractivity contribution in [3.63, 3.8) is 0 Å². The summed E-state index contributed by atoms with van der Waals surface area (Å²) in [7, 11) is 0. The summed E-state index contributed by atoms with van der Waals surface area (Å²) in [6, 6.07) is 13.7. The highest BCUT2D eigenvalue weighted by Crippen LogP contribution is 2.15. The van der Waals surface area contributed by atoms with Gasteiger partial charge in [-0.25, -0.2) is 4.98 Å². The minimum Gasteiger partial charge on any atom is -0.494 e. The monoisotopic (exact) mass is 304 g/mol. The van der Waals surface area contributed by atoms with E-state index in [0.29, 0.717) is 11.7 Å². The lowest BCUT2D eigenvalue weighted by Gasteiger charge is -2.08. The molecule has 1 N–H and O–H groups in total. The molecule has 1 aromatic heterocycles. The van der Waals surface area contributed by atoms with Gasteiger partial charge in [0, 0.05) is 6.54 Å². The van der Waals surface area contributed by atoms with Crippen LogP contribution < -0.4 is 10.1 Å². The number of nitrogens with zero attached hydrogens (tertiary/aromatic N) is 1. The maximum Gasteiger partial charge on any atom is 0.131 e. The molecule has 0 spiro atoms. The normalized spacial score (nSPS) is 10.4. The Balaban J connectivity index is 1.79. The molecular weight excluding hydrogens is 284 g/mol. The largest absolute Gasteiger partial charge is 0.494 e. The number of aromatic nitrogens is 1. The van der Waals surface area contributed by atoms with Crippen LogP contribution in [-0.2, 0) is 6.54 Å². The van der Waals surface area contributed by atoms with Crippen LogP contribution in [0, 0.1) is 0 Å². The molecule has 4 heteroatoms. The lowest BCUT2D eigenvalue weighted by molar-refractivity contribution is 0.306. The van der Waals surface area contributed by atoms with Gasteiger partial charge in [-0.2, -0.15) is 0 Å². The number of anilines is 1. The van der Waals surface area contributed by atoms with E-state index in [2.05, 4.69) is 29.4 Å². The molecule has 2 rings (SSSR count). The van der Waals surface area contributed by atoms with Crippen LogP contribution >= 0.6 is 11.6 Å². The second kappa shape index (κ2) is 8.53. The van der Waals surface area contributed by atoms with Gasteiger partial charge >= 0.3 is 0 Å². The SMILES string of the molecule is CCCCCOc1ccc(CNc2cccc(Cl)n2)cc1. The average Bonchev–Trinajstić information content (AvgIpc) is 2.51. The summed E-state index contributed by atoms with van der Waals surface area (Å²) in [6.07, 6.45) is 3.54. The smallest absolute Gasteiger partial charge is 0.131 e. The summed E-state index contributed by atoms with van der Waals surface area (Å²) in [5, 5.41) is 3.74. The predicted octanol–water partition coefficient (Wildman–Crippen LogP) is 4.92. The second-order valence-corrected chi connectivity index (χ2v) is 5.29. The van der Waals surface area contributed by atoms with Crippen LogP contribution in [0.5, 0.6) is 5.75 Å². The van der Waals surface area contributed by atoms with Gasteiger partial charge in [0.2, 0.25) is 0 Å². The number of nitrogens with one attached hydrogen (secondary N) is 1. The molecule has 0 aliphatic heterocycles. The molecule has 3 nitrogen and oxygen atoms in total. The highest BCUT2D eigenvalue weighted by atomic mass is 35.5. The van der Waals surface area contributed by atoms with Gasteiger partial charge in [-0.05, 0) is 36.2 Å². The van der Waals surface area contributed by atoms with Crippen LogP contribution in [0.2, 0.25) is 5.15 Å².